The first-order valence-corrected chi connectivity index (χ1v) is 6.56. The van der Waals surface area contributed by atoms with Gasteiger partial charge in [0.2, 0.25) is 11.8 Å². The molecule has 6 heteroatoms. The highest BCUT2D eigenvalue weighted by molar-refractivity contribution is 9.10. The number of ether oxygens (including phenoxy) is 1. The van der Waals surface area contributed by atoms with Crippen molar-refractivity contribution in [2.75, 3.05) is 11.9 Å². The fourth-order valence-electron chi connectivity index (χ4n) is 1.31. The van der Waals surface area contributed by atoms with Crippen LogP contribution in [0.15, 0.2) is 34.9 Å². The Morgan fingerprint density at radius 2 is 2.28 bits per heavy atom. The highest BCUT2D eigenvalue weighted by Crippen LogP contribution is 2.29. The number of hydrogen-bond acceptors (Lipinski definition) is 4. The van der Waals surface area contributed by atoms with Gasteiger partial charge in [0.15, 0.2) is 0 Å². The molecule has 2 rings (SSSR count). The summed E-state index contributed by atoms with van der Waals surface area (Å²) in [5, 5.41) is 3.64. The van der Waals surface area contributed by atoms with Crippen LogP contribution in [0.5, 0.6) is 11.6 Å². The predicted octanol–water partition coefficient (Wildman–Crippen LogP) is 4.12. The first kappa shape index (κ1) is 13.1. The van der Waals surface area contributed by atoms with Crippen LogP contribution in [0.2, 0.25) is 5.02 Å². The van der Waals surface area contributed by atoms with Gasteiger partial charge in [-0.3, -0.25) is 0 Å². The van der Waals surface area contributed by atoms with Crippen molar-refractivity contribution in [3.05, 3.63) is 40.0 Å². The monoisotopic (exact) mass is 327 g/mol. The molecule has 0 amide bonds. The van der Waals surface area contributed by atoms with Crippen molar-refractivity contribution in [3.8, 4) is 11.6 Å². The average Bonchev–Trinajstić information content (AvgIpc) is 2.34. The predicted molar refractivity (Wildman–Crippen MR) is 75.4 cm³/mol. The quantitative estimate of drug-likeness (QED) is 0.917. The zero-order chi connectivity index (χ0) is 13.0. The van der Waals surface area contributed by atoms with E-state index in [0.717, 1.165) is 6.54 Å². The molecule has 0 radical (unpaired) electrons. The Morgan fingerprint density at radius 3 is 3.00 bits per heavy atom. The lowest BCUT2D eigenvalue weighted by atomic mass is 10.3. The van der Waals surface area contributed by atoms with Crippen LogP contribution >= 0.6 is 27.5 Å². The minimum absolute atomic E-state index is 0.447. The fraction of sp³-hybridized carbons (Fsp3) is 0.167. The second kappa shape index (κ2) is 6.02. The van der Waals surface area contributed by atoms with Crippen molar-refractivity contribution in [3.63, 3.8) is 0 Å². The summed E-state index contributed by atoms with van der Waals surface area (Å²) >= 11 is 9.24. The molecule has 2 aromatic rings. The molecule has 0 unspecified atom stereocenters. The molecular weight excluding hydrogens is 318 g/mol. The van der Waals surface area contributed by atoms with Crippen LogP contribution < -0.4 is 10.1 Å². The van der Waals surface area contributed by atoms with Crippen molar-refractivity contribution >= 4 is 33.5 Å². The number of nitrogens with one attached hydrogen (secondary N) is 1. The first-order chi connectivity index (χ1) is 8.69. The van der Waals surface area contributed by atoms with E-state index in [0.29, 0.717) is 27.1 Å². The van der Waals surface area contributed by atoms with Crippen molar-refractivity contribution in [1.29, 1.82) is 0 Å². The van der Waals surface area contributed by atoms with E-state index in [1.165, 1.54) is 0 Å². The van der Waals surface area contributed by atoms with E-state index in [-0.39, 0.29) is 0 Å². The van der Waals surface area contributed by atoms with Crippen molar-refractivity contribution < 1.29 is 4.74 Å². The summed E-state index contributed by atoms with van der Waals surface area (Å²) in [6.07, 6.45) is 1.64. The summed E-state index contributed by atoms with van der Waals surface area (Å²) in [7, 11) is 0. The van der Waals surface area contributed by atoms with Gasteiger partial charge >= 0.3 is 0 Å². The third kappa shape index (κ3) is 3.34. The SMILES string of the molecule is CCNc1ncc(Br)c(Oc2cccc(Cl)c2)n1. The summed E-state index contributed by atoms with van der Waals surface area (Å²) in [5.41, 5.74) is 0. The van der Waals surface area contributed by atoms with E-state index in [4.69, 9.17) is 16.3 Å². The molecule has 1 aromatic carbocycles. The topological polar surface area (TPSA) is 47.0 Å². The molecule has 0 fully saturated rings. The molecule has 18 heavy (non-hydrogen) atoms. The van der Waals surface area contributed by atoms with E-state index < -0.39 is 0 Å². The standard InChI is InChI=1S/C12H11BrClN3O/c1-2-15-12-16-7-10(13)11(17-12)18-9-5-3-4-8(14)6-9/h3-7H,2H2,1H3,(H,15,16,17). The van der Waals surface area contributed by atoms with Gasteiger partial charge in [0.25, 0.3) is 0 Å². The molecule has 1 aromatic heterocycles. The molecule has 4 nitrogen and oxygen atoms in total. The van der Waals surface area contributed by atoms with Gasteiger partial charge in [-0.05, 0) is 41.1 Å². The smallest absolute Gasteiger partial charge is 0.238 e. The summed E-state index contributed by atoms with van der Waals surface area (Å²) in [6, 6.07) is 7.14. The van der Waals surface area contributed by atoms with Gasteiger partial charge in [0.05, 0.1) is 10.7 Å². The van der Waals surface area contributed by atoms with E-state index in [2.05, 4.69) is 31.2 Å². The highest BCUT2D eigenvalue weighted by Gasteiger charge is 2.07. The minimum atomic E-state index is 0.447. The van der Waals surface area contributed by atoms with Crippen molar-refractivity contribution in [2.24, 2.45) is 0 Å². The second-order valence-corrected chi connectivity index (χ2v) is 4.73. The largest absolute Gasteiger partial charge is 0.438 e. The molecule has 94 valence electrons. The van der Waals surface area contributed by atoms with Crippen LogP contribution in [0.3, 0.4) is 0 Å². The van der Waals surface area contributed by atoms with Crippen molar-refractivity contribution in [1.82, 2.24) is 9.97 Å². The number of hydrogen-bond donors (Lipinski definition) is 1. The Balaban J connectivity index is 2.25. The molecule has 0 aliphatic heterocycles. The van der Waals surface area contributed by atoms with E-state index in [9.17, 15) is 0 Å². The number of aromatic nitrogens is 2. The summed E-state index contributed by atoms with van der Waals surface area (Å²) in [6.45, 7) is 2.72. The molecule has 0 aliphatic carbocycles. The molecule has 0 atom stereocenters. The van der Waals surface area contributed by atoms with Gasteiger partial charge in [0.1, 0.15) is 5.75 Å². The van der Waals surface area contributed by atoms with E-state index in [1.807, 2.05) is 19.1 Å². The first-order valence-electron chi connectivity index (χ1n) is 5.39. The maximum atomic E-state index is 5.90. The Kier molecular flexibility index (Phi) is 4.38. The third-order valence-corrected chi connectivity index (χ3v) is 2.84. The Morgan fingerprint density at radius 1 is 1.44 bits per heavy atom. The average molecular weight is 329 g/mol. The number of nitrogens with zero attached hydrogens (tertiary/aromatic N) is 2. The number of halogens is 2. The molecule has 1 heterocycles. The normalized spacial score (nSPS) is 10.2. The third-order valence-electron chi connectivity index (χ3n) is 2.06. The Bertz CT molecular complexity index is 551. The van der Waals surface area contributed by atoms with Gasteiger partial charge in [-0.25, -0.2) is 4.98 Å². The zero-order valence-corrected chi connectivity index (χ0v) is 12.0. The van der Waals surface area contributed by atoms with Crippen LogP contribution in [0.1, 0.15) is 6.92 Å². The van der Waals surface area contributed by atoms with Crippen LogP contribution in [0.25, 0.3) is 0 Å². The van der Waals surface area contributed by atoms with Crippen LogP contribution in [-0.2, 0) is 0 Å². The Hall–Kier alpha value is -1.33. The molecule has 0 spiro atoms. The number of anilines is 1. The van der Waals surface area contributed by atoms with Gasteiger partial charge in [-0.15, -0.1) is 0 Å². The lowest BCUT2D eigenvalue weighted by Crippen LogP contribution is -2.03. The Labute approximate surface area is 118 Å². The summed E-state index contributed by atoms with van der Waals surface area (Å²) in [5.74, 6) is 1.60. The lowest BCUT2D eigenvalue weighted by Gasteiger charge is -2.08. The van der Waals surface area contributed by atoms with Crippen LogP contribution in [0.4, 0.5) is 5.95 Å². The van der Waals surface area contributed by atoms with Gasteiger partial charge in [-0.1, -0.05) is 17.7 Å². The van der Waals surface area contributed by atoms with Crippen LogP contribution in [-0.4, -0.2) is 16.5 Å². The van der Waals surface area contributed by atoms with Crippen molar-refractivity contribution in [2.45, 2.75) is 6.92 Å². The molecule has 0 saturated heterocycles. The highest BCUT2D eigenvalue weighted by atomic mass is 79.9. The van der Waals surface area contributed by atoms with Crippen LogP contribution in [0, 0.1) is 0 Å². The van der Waals surface area contributed by atoms with Gasteiger partial charge < -0.3 is 10.1 Å². The molecule has 0 aliphatic rings. The van der Waals surface area contributed by atoms with Gasteiger partial charge in [-0.2, -0.15) is 4.98 Å². The molecular formula is C12H11BrClN3O. The summed E-state index contributed by atoms with van der Waals surface area (Å²) < 4.78 is 6.34. The van der Waals surface area contributed by atoms with Gasteiger partial charge in [0, 0.05) is 11.6 Å². The second-order valence-electron chi connectivity index (χ2n) is 3.44. The summed E-state index contributed by atoms with van der Waals surface area (Å²) in [4.78, 5) is 8.37. The zero-order valence-electron chi connectivity index (χ0n) is 9.65. The minimum Gasteiger partial charge on any atom is -0.438 e. The van der Waals surface area contributed by atoms with E-state index >= 15 is 0 Å². The molecule has 0 bridgehead atoms. The van der Waals surface area contributed by atoms with E-state index in [1.54, 1.807) is 18.3 Å². The maximum absolute atomic E-state index is 5.90. The number of benzene rings is 1. The maximum Gasteiger partial charge on any atom is 0.238 e. The lowest BCUT2D eigenvalue weighted by molar-refractivity contribution is 0.459. The molecule has 0 saturated carbocycles. The molecule has 1 N–H and O–H groups in total. The fourth-order valence-corrected chi connectivity index (χ4v) is 1.76. The number of rotatable bonds is 4.